The highest BCUT2D eigenvalue weighted by atomic mass is 16.6. The van der Waals surface area contributed by atoms with Crippen LogP contribution in [-0.2, 0) is 0 Å². The monoisotopic (exact) mass is 387 g/mol. The molecular weight excluding hydrogens is 370 g/mol. The molecule has 2 aromatic heterocycles. The van der Waals surface area contributed by atoms with Crippen LogP contribution in [0.5, 0.6) is 0 Å². The average molecular weight is 387 g/mol. The summed E-state index contributed by atoms with van der Waals surface area (Å²) in [5, 5.41) is 18.8. The number of anilines is 1. The van der Waals surface area contributed by atoms with Crippen molar-refractivity contribution < 1.29 is 9.45 Å². The minimum absolute atomic E-state index is 0.0668. The zero-order valence-electron chi connectivity index (χ0n) is 15.5. The van der Waals surface area contributed by atoms with Crippen molar-refractivity contribution in [2.24, 2.45) is 0 Å². The normalized spacial score (nSPS) is 11.8. The lowest BCUT2D eigenvalue weighted by Crippen LogP contribution is -2.08. The van der Waals surface area contributed by atoms with E-state index < -0.39 is 4.92 Å². The van der Waals surface area contributed by atoms with Gasteiger partial charge in [0.25, 0.3) is 11.6 Å². The van der Waals surface area contributed by atoms with E-state index in [0.717, 1.165) is 5.56 Å². The summed E-state index contributed by atoms with van der Waals surface area (Å²) < 4.78 is 5.29. The van der Waals surface area contributed by atoms with Crippen molar-refractivity contribution in [3.63, 3.8) is 0 Å². The molecule has 0 aliphatic heterocycles. The zero-order valence-corrected chi connectivity index (χ0v) is 15.5. The number of benzene rings is 2. The number of hydrogen-bond donors (Lipinski definition) is 1. The first-order chi connectivity index (χ1) is 14.1. The Morgan fingerprint density at radius 3 is 2.59 bits per heavy atom. The topological polar surface area (TPSA) is 107 Å². The number of hydrogen-bond acceptors (Lipinski definition) is 7. The molecule has 0 saturated carbocycles. The molecule has 0 saturated heterocycles. The smallest absolute Gasteiger partial charge is 0.293 e. The van der Waals surface area contributed by atoms with Gasteiger partial charge in [0, 0.05) is 23.9 Å². The predicted molar refractivity (Wildman–Crippen MR) is 108 cm³/mol. The van der Waals surface area contributed by atoms with Gasteiger partial charge in [-0.1, -0.05) is 41.6 Å². The molecule has 1 N–H and O–H groups in total. The third-order valence-corrected chi connectivity index (χ3v) is 4.43. The molecule has 0 radical (unpaired) electrons. The fourth-order valence-electron chi connectivity index (χ4n) is 2.94. The first-order valence-electron chi connectivity index (χ1n) is 8.97. The van der Waals surface area contributed by atoms with Gasteiger partial charge in [-0.05, 0) is 36.8 Å². The molecule has 0 amide bonds. The van der Waals surface area contributed by atoms with Gasteiger partial charge >= 0.3 is 0 Å². The Morgan fingerprint density at radius 2 is 1.86 bits per heavy atom. The summed E-state index contributed by atoms with van der Waals surface area (Å²) in [6, 6.07) is 19.8. The van der Waals surface area contributed by atoms with Gasteiger partial charge in [-0.25, -0.2) is 0 Å². The lowest BCUT2D eigenvalue weighted by Gasteiger charge is -2.15. The summed E-state index contributed by atoms with van der Waals surface area (Å²) in [5.41, 5.74) is 2.40. The van der Waals surface area contributed by atoms with Crippen LogP contribution in [0.1, 0.15) is 18.5 Å². The molecule has 2 aromatic carbocycles. The first-order valence-corrected chi connectivity index (χ1v) is 8.97. The van der Waals surface area contributed by atoms with Crippen molar-refractivity contribution in [1.29, 1.82) is 0 Å². The summed E-state index contributed by atoms with van der Waals surface area (Å²) in [6.45, 7) is 1.95. The van der Waals surface area contributed by atoms with Gasteiger partial charge in [0.05, 0.1) is 4.92 Å². The maximum Gasteiger partial charge on any atom is 0.293 e. The Hall–Kier alpha value is -4.07. The van der Waals surface area contributed by atoms with Gasteiger partial charge in [-0.2, -0.15) is 4.98 Å². The minimum Gasteiger partial charge on any atom is -0.373 e. The lowest BCUT2D eigenvalue weighted by atomic mass is 10.1. The number of nitrogens with one attached hydrogen (secondary N) is 1. The predicted octanol–water partition coefficient (Wildman–Crippen LogP) is 4.88. The van der Waals surface area contributed by atoms with Crippen LogP contribution in [0, 0.1) is 10.1 Å². The van der Waals surface area contributed by atoms with Crippen LogP contribution >= 0.6 is 0 Å². The summed E-state index contributed by atoms with van der Waals surface area (Å²) in [6.07, 6.45) is 1.63. The van der Waals surface area contributed by atoms with E-state index in [0.29, 0.717) is 22.8 Å². The third kappa shape index (κ3) is 3.96. The Bertz CT molecular complexity index is 1130. The number of nitro groups is 1. The summed E-state index contributed by atoms with van der Waals surface area (Å²) in [7, 11) is 0. The maximum atomic E-state index is 11.6. The van der Waals surface area contributed by atoms with E-state index in [2.05, 4.69) is 20.4 Å². The molecule has 0 fully saturated rings. The summed E-state index contributed by atoms with van der Waals surface area (Å²) in [5.74, 6) is 0.513. The molecule has 144 valence electrons. The number of nitro benzene ring substituents is 1. The van der Waals surface area contributed by atoms with Gasteiger partial charge in [0.15, 0.2) is 0 Å². The highest BCUT2D eigenvalue weighted by Crippen LogP contribution is 2.33. The lowest BCUT2D eigenvalue weighted by molar-refractivity contribution is -0.383. The molecule has 4 rings (SSSR count). The average Bonchev–Trinajstić information content (AvgIpc) is 3.25. The number of pyridine rings is 1. The van der Waals surface area contributed by atoms with E-state index in [1.54, 1.807) is 30.5 Å². The second-order valence-electron chi connectivity index (χ2n) is 6.40. The fraction of sp³-hybridized carbons (Fsp3) is 0.0952. The van der Waals surface area contributed by atoms with Crippen molar-refractivity contribution in [3.8, 4) is 23.0 Å². The molecule has 8 nitrogen and oxygen atoms in total. The van der Waals surface area contributed by atoms with E-state index in [9.17, 15) is 10.1 Å². The van der Waals surface area contributed by atoms with Crippen LogP contribution in [0.2, 0.25) is 0 Å². The standard InChI is InChI=1S/C21H17N5O3/c1-14(15-7-3-2-4-8-15)23-17-11-10-16(13-19(17)26(27)28)21-24-20(25-29-21)18-9-5-6-12-22-18/h2-14,23H,1H3/t14-/m0/s1. The van der Waals surface area contributed by atoms with Crippen molar-refractivity contribution in [1.82, 2.24) is 15.1 Å². The van der Waals surface area contributed by atoms with Crippen molar-refractivity contribution in [2.75, 3.05) is 5.32 Å². The quantitative estimate of drug-likeness (QED) is 0.371. The first kappa shape index (κ1) is 18.3. The van der Waals surface area contributed by atoms with E-state index in [1.807, 2.05) is 43.3 Å². The van der Waals surface area contributed by atoms with Gasteiger partial charge in [0.2, 0.25) is 5.82 Å². The van der Waals surface area contributed by atoms with E-state index in [-0.39, 0.29) is 17.6 Å². The highest BCUT2D eigenvalue weighted by Gasteiger charge is 2.20. The third-order valence-electron chi connectivity index (χ3n) is 4.43. The SMILES string of the molecule is C[C@H](Nc1ccc(-c2nc(-c3ccccn3)no2)cc1[N+](=O)[O-])c1ccccc1. The van der Waals surface area contributed by atoms with Crippen molar-refractivity contribution >= 4 is 11.4 Å². The second-order valence-corrected chi connectivity index (χ2v) is 6.40. The minimum atomic E-state index is -0.431. The van der Waals surface area contributed by atoms with Crippen LogP contribution < -0.4 is 5.32 Å². The van der Waals surface area contributed by atoms with Crippen molar-refractivity contribution in [3.05, 3.63) is 88.6 Å². The molecular formula is C21H17N5O3. The van der Waals surface area contributed by atoms with Crippen LogP contribution in [0.15, 0.2) is 77.4 Å². The van der Waals surface area contributed by atoms with E-state index >= 15 is 0 Å². The molecule has 0 unspecified atom stereocenters. The van der Waals surface area contributed by atoms with E-state index in [4.69, 9.17) is 4.52 Å². The van der Waals surface area contributed by atoms with Crippen LogP contribution in [0.3, 0.4) is 0 Å². The Labute approximate surface area is 166 Å². The van der Waals surface area contributed by atoms with Gasteiger partial charge < -0.3 is 9.84 Å². The molecule has 4 aromatic rings. The van der Waals surface area contributed by atoms with Gasteiger partial charge in [-0.3, -0.25) is 15.1 Å². The van der Waals surface area contributed by atoms with Crippen LogP contribution in [-0.4, -0.2) is 20.0 Å². The van der Waals surface area contributed by atoms with Gasteiger partial charge in [-0.15, -0.1) is 0 Å². The van der Waals surface area contributed by atoms with Crippen LogP contribution in [0.4, 0.5) is 11.4 Å². The molecule has 29 heavy (non-hydrogen) atoms. The molecule has 0 spiro atoms. The fourth-order valence-corrected chi connectivity index (χ4v) is 2.94. The largest absolute Gasteiger partial charge is 0.373 e. The van der Waals surface area contributed by atoms with E-state index in [1.165, 1.54) is 6.07 Å². The number of rotatable bonds is 6. The Kier molecular flexibility index (Phi) is 4.98. The second kappa shape index (κ2) is 7.89. The highest BCUT2D eigenvalue weighted by molar-refractivity contribution is 5.70. The van der Waals surface area contributed by atoms with Crippen molar-refractivity contribution in [2.45, 2.75) is 13.0 Å². The Morgan fingerprint density at radius 1 is 1.07 bits per heavy atom. The Balaban J connectivity index is 1.63. The molecule has 8 heteroatoms. The van der Waals surface area contributed by atoms with Crippen LogP contribution in [0.25, 0.3) is 23.0 Å². The maximum absolute atomic E-state index is 11.6. The zero-order chi connectivity index (χ0) is 20.2. The molecule has 2 heterocycles. The molecule has 0 aliphatic carbocycles. The molecule has 1 atom stereocenters. The molecule has 0 aliphatic rings. The summed E-state index contributed by atoms with van der Waals surface area (Å²) in [4.78, 5) is 19.7. The number of nitrogens with zero attached hydrogens (tertiary/aromatic N) is 4. The molecule has 0 bridgehead atoms. The summed E-state index contributed by atoms with van der Waals surface area (Å²) >= 11 is 0. The van der Waals surface area contributed by atoms with Gasteiger partial charge in [0.1, 0.15) is 11.4 Å². The number of aromatic nitrogens is 3.